The molecule has 0 heterocycles. The van der Waals surface area contributed by atoms with Crippen LogP contribution in [0.2, 0.25) is 0 Å². The Kier molecular flexibility index (Phi) is 6.82. The average molecular weight is 268 g/mol. The second-order valence-electron chi connectivity index (χ2n) is 6.96. The second kappa shape index (κ2) is 7.64. The van der Waals surface area contributed by atoms with Crippen LogP contribution in [0.25, 0.3) is 0 Å². The normalized spacial score (nSPS) is 27.9. The number of hydrogen-bond donors (Lipinski definition) is 1. The monoisotopic (exact) mass is 268 g/mol. The van der Waals surface area contributed by atoms with Crippen molar-refractivity contribution in [1.82, 2.24) is 4.90 Å². The van der Waals surface area contributed by atoms with E-state index in [0.717, 1.165) is 18.4 Å². The van der Waals surface area contributed by atoms with Crippen LogP contribution < -0.4 is 5.73 Å². The van der Waals surface area contributed by atoms with Crippen LogP contribution in [-0.4, -0.2) is 29.6 Å². The molecule has 1 fully saturated rings. The van der Waals surface area contributed by atoms with Gasteiger partial charge in [0.05, 0.1) is 0 Å². The van der Waals surface area contributed by atoms with Gasteiger partial charge in [0.1, 0.15) is 0 Å². The molecular weight excluding hydrogens is 232 g/mol. The van der Waals surface area contributed by atoms with Crippen molar-refractivity contribution in [2.24, 2.45) is 17.6 Å². The smallest absolute Gasteiger partial charge is 0.0337 e. The Labute approximate surface area is 121 Å². The summed E-state index contributed by atoms with van der Waals surface area (Å²) in [7, 11) is 0. The Balaban J connectivity index is 2.92. The molecule has 114 valence electrons. The molecular formula is C17H36N2. The Morgan fingerprint density at radius 2 is 1.84 bits per heavy atom. The van der Waals surface area contributed by atoms with Crippen LogP contribution in [0.15, 0.2) is 0 Å². The summed E-state index contributed by atoms with van der Waals surface area (Å²) in [5.74, 6) is 1.62. The van der Waals surface area contributed by atoms with Crippen LogP contribution in [0.1, 0.15) is 73.1 Å². The lowest BCUT2D eigenvalue weighted by atomic mass is 9.89. The summed E-state index contributed by atoms with van der Waals surface area (Å²) < 4.78 is 0. The molecule has 1 aliphatic carbocycles. The third kappa shape index (κ3) is 3.95. The van der Waals surface area contributed by atoms with Gasteiger partial charge < -0.3 is 5.73 Å². The van der Waals surface area contributed by atoms with Crippen molar-refractivity contribution in [2.75, 3.05) is 13.1 Å². The van der Waals surface area contributed by atoms with E-state index in [4.69, 9.17) is 5.73 Å². The van der Waals surface area contributed by atoms with Gasteiger partial charge in [-0.05, 0) is 43.9 Å². The maximum absolute atomic E-state index is 6.27. The third-order valence-corrected chi connectivity index (χ3v) is 5.20. The molecule has 2 heteroatoms. The summed E-state index contributed by atoms with van der Waals surface area (Å²) >= 11 is 0. The van der Waals surface area contributed by atoms with E-state index >= 15 is 0 Å². The van der Waals surface area contributed by atoms with Gasteiger partial charge in [-0.15, -0.1) is 0 Å². The number of rotatable bonds is 8. The summed E-state index contributed by atoms with van der Waals surface area (Å²) in [6.45, 7) is 13.7. The van der Waals surface area contributed by atoms with Gasteiger partial charge in [-0.2, -0.15) is 0 Å². The van der Waals surface area contributed by atoms with Crippen molar-refractivity contribution in [3.8, 4) is 0 Å². The third-order valence-electron chi connectivity index (χ3n) is 5.20. The highest BCUT2D eigenvalue weighted by Crippen LogP contribution is 2.42. The summed E-state index contributed by atoms with van der Waals surface area (Å²) in [6, 6.07) is 0.710. The molecule has 2 unspecified atom stereocenters. The first-order chi connectivity index (χ1) is 9.02. The predicted octanol–water partition coefficient (Wildman–Crippen LogP) is 4.04. The lowest BCUT2D eigenvalue weighted by Crippen LogP contribution is -2.57. The van der Waals surface area contributed by atoms with E-state index in [1.165, 1.54) is 45.1 Å². The van der Waals surface area contributed by atoms with Gasteiger partial charge in [-0.25, -0.2) is 0 Å². The minimum atomic E-state index is 0.293. The molecule has 1 saturated carbocycles. The second-order valence-corrected chi connectivity index (χ2v) is 6.96. The van der Waals surface area contributed by atoms with Crippen LogP contribution >= 0.6 is 0 Å². The molecule has 19 heavy (non-hydrogen) atoms. The first kappa shape index (κ1) is 17.0. The summed E-state index contributed by atoms with van der Waals surface area (Å²) in [5, 5.41) is 0. The molecule has 0 bridgehead atoms. The standard InChI is InChI=1S/C17H36N2/c1-6-15-9-10-17(11-15,13-18)19(12-14(4)5)16(7-2)8-3/h14-16H,6-13,18H2,1-5H3. The van der Waals surface area contributed by atoms with E-state index in [0.29, 0.717) is 11.6 Å². The van der Waals surface area contributed by atoms with Crippen LogP contribution in [0.5, 0.6) is 0 Å². The fourth-order valence-corrected chi connectivity index (χ4v) is 3.98. The zero-order valence-corrected chi connectivity index (χ0v) is 13.9. The summed E-state index contributed by atoms with van der Waals surface area (Å²) in [5.41, 5.74) is 6.56. The van der Waals surface area contributed by atoms with Gasteiger partial charge in [0.15, 0.2) is 0 Å². The predicted molar refractivity (Wildman–Crippen MR) is 85.3 cm³/mol. The molecule has 1 rings (SSSR count). The number of hydrogen-bond acceptors (Lipinski definition) is 2. The molecule has 1 aliphatic rings. The van der Waals surface area contributed by atoms with Gasteiger partial charge in [0.2, 0.25) is 0 Å². The average Bonchev–Trinajstić information content (AvgIpc) is 2.83. The molecule has 0 aliphatic heterocycles. The Morgan fingerprint density at radius 3 is 2.21 bits per heavy atom. The zero-order valence-electron chi connectivity index (χ0n) is 13.9. The Hall–Kier alpha value is -0.0800. The van der Waals surface area contributed by atoms with Gasteiger partial charge in [-0.1, -0.05) is 41.0 Å². The van der Waals surface area contributed by atoms with Crippen LogP contribution in [0.4, 0.5) is 0 Å². The maximum atomic E-state index is 6.27. The summed E-state index contributed by atoms with van der Waals surface area (Å²) in [6.07, 6.45) is 7.83. The van der Waals surface area contributed by atoms with Gasteiger partial charge >= 0.3 is 0 Å². The van der Waals surface area contributed by atoms with E-state index in [9.17, 15) is 0 Å². The molecule has 0 radical (unpaired) electrons. The Morgan fingerprint density at radius 1 is 1.21 bits per heavy atom. The highest BCUT2D eigenvalue weighted by atomic mass is 15.2. The van der Waals surface area contributed by atoms with E-state index in [1.807, 2.05) is 0 Å². The SMILES string of the molecule is CCC1CCC(CN)(N(CC(C)C)C(CC)CC)C1. The maximum Gasteiger partial charge on any atom is 0.0337 e. The van der Waals surface area contributed by atoms with Crippen molar-refractivity contribution in [1.29, 1.82) is 0 Å². The van der Waals surface area contributed by atoms with Crippen molar-refractivity contribution in [3.05, 3.63) is 0 Å². The molecule has 0 spiro atoms. The van der Waals surface area contributed by atoms with Crippen molar-refractivity contribution in [2.45, 2.75) is 84.7 Å². The van der Waals surface area contributed by atoms with Gasteiger partial charge in [0, 0.05) is 24.7 Å². The van der Waals surface area contributed by atoms with Gasteiger partial charge in [-0.3, -0.25) is 4.90 Å². The van der Waals surface area contributed by atoms with E-state index in [-0.39, 0.29) is 0 Å². The fraction of sp³-hybridized carbons (Fsp3) is 1.00. The topological polar surface area (TPSA) is 29.3 Å². The minimum Gasteiger partial charge on any atom is -0.329 e. The fourth-order valence-electron chi connectivity index (χ4n) is 3.98. The number of nitrogens with two attached hydrogens (primary N) is 1. The van der Waals surface area contributed by atoms with Crippen molar-refractivity contribution < 1.29 is 0 Å². The molecule has 2 nitrogen and oxygen atoms in total. The molecule has 0 saturated heterocycles. The first-order valence-electron chi connectivity index (χ1n) is 8.49. The lowest BCUT2D eigenvalue weighted by Gasteiger charge is -2.46. The lowest BCUT2D eigenvalue weighted by molar-refractivity contribution is 0.0328. The van der Waals surface area contributed by atoms with Crippen molar-refractivity contribution in [3.63, 3.8) is 0 Å². The van der Waals surface area contributed by atoms with Crippen LogP contribution in [-0.2, 0) is 0 Å². The number of nitrogens with zero attached hydrogens (tertiary/aromatic N) is 1. The summed E-state index contributed by atoms with van der Waals surface area (Å²) in [4.78, 5) is 2.80. The van der Waals surface area contributed by atoms with E-state index in [1.54, 1.807) is 0 Å². The molecule has 0 amide bonds. The zero-order chi connectivity index (χ0) is 14.5. The first-order valence-corrected chi connectivity index (χ1v) is 8.49. The van der Waals surface area contributed by atoms with Crippen LogP contribution in [0.3, 0.4) is 0 Å². The van der Waals surface area contributed by atoms with Crippen molar-refractivity contribution >= 4 is 0 Å². The largest absolute Gasteiger partial charge is 0.329 e. The Bertz CT molecular complexity index is 248. The van der Waals surface area contributed by atoms with Gasteiger partial charge in [0.25, 0.3) is 0 Å². The highest BCUT2D eigenvalue weighted by molar-refractivity contribution is 5.00. The quantitative estimate of drug-likeness (QED) is 0.720. The van der Waals surface area contributed by atoms with E-state index in [2.05, 4.69) is 39.5 Å². The molecule has 0 aromatic carbocycles. The molecule has 0 aromatic rings. The van der Waals surface area contributed by atoms with Crippen LogP contribution in [0, 0.1) is 11.8 Å². The molecule has 0 aromatic heterocycles. The molecule has 2 N–H and O–H groups in total. The highest BCUT2D eigenvalue weighted by Gasteiger charge is 2.43. The molecule has 2 atom stereocenters. The van der Waals surface area contributed by atoms with E-state index < -0.39 is 0 Å². The minimum absolute atomic E-state index is 0.293.